The Morgan fingerprint density at radius 2 is 0.275 bits per heavy atom. The molecule has 4 radical (unpaired) electrons. The van der Waals surface area contributed by atoms with Crippen LogP contribution in [0.15, 0.2) is 0 Å². The molecule has 0 fully saturated rings. The first kappa shape index (κ1) is 219. The topological polar surface area (TPSA) is 852 Å². The summed E-state index contributed by atoms with van der Waals surface area (Å²) in [6.07, 6.45) is 9.70. The minimum Gasteiger partial charge on any atom is -0.857 e. The summed E-state index contributed by atoms with van der Waals surface area (Å²) in [5, 5.41) is 250. The average molecular weight is 2540 g/mol. The minimum atomic E-state index is -0.995. The van der Waals surface area contributed by atoms with Crippen molar-refractivity contribution in [3.63, 3.8) is 0 Å². The molecular weight excluding hydrogens is 2400 g/mol. The number of carbonyl (C=O) groups excluding carboxylic acids is 12. The minimum absolute atomic E-state index is 0. The van der Waals surface area contributed by atoms with Crippen LogP contribution in [0.4, 0.5) is 0 Å². The largest absolute Gasteiger partial charge is 3.00 e. The van der Waals surface area contributed by atoms with Gasteiger partial charge in [0, 0.05) is 102 Å². The number of unbranched alkanes of at least 4 members (excludes halogenated alkanes) is 4. The summed E-state index contributed by atoms with van der Waals surface area (Å²) < 4.78 is 0. The molecule has 0 amide bonds. The van der Waals surface area contributed by atoms with E-state index in [0.717, 1.165) is 134 Å². The van der Waals surface area contributed by atoms with Gasteiger partial charge in [-0.3, -0.25) is 0 Å². The fourth-order valence-corrected chi connectivity index (χ4v) is 3.90. The molecule has 0 heterocycles. The summed E-state index contributed by atoms with van der Waals surface area (Å²) in [7, 11) is 7.00. The van der Waals surface area contributed by atoms with Crippen molar-refractivity contribution in [3.8, 4) is 0 Å². The van der Waals surface area contributed by atoms with E-state index in [4.69, 9.17) is 80.5 Å². The van der Waals surface area contributed by atoms with Crippen LogP contribution in [0.5, 0.6) is 0 Å². The van der Waals surface area contributed by atoms with E-state index in [1.54, 1.807) is 0 Å². The van der Waals surface area contributed by atoms with Crippen LogP contribution in [-0.2, 0) is 126 Å². The van der Waals surface area contributed by atoms with Gasteiger partial charge in [0.05, 0.1) is 0 Å². The van der Waals surface area contributed by atoms with Crippen LogP contribution in [0.1, 0.15) is 186 Å². The van der Waals surface area contributed by atoms with E-state index in [9.17, 15) is 120 Å². The third-order valence-electron chi connectivity index (χ3n) is 8.88. The zero-order valence-corrected chi connectivity index (χ0v) is 84.8. The summed E-state index contributed by atoms with van der Waals surface area (Å²) in [4.78, 5) is 115. The van der Waals surface area contributed by atoms with Crippen LogP contribution in [0.25, 0.3) is 0 Å². The molecule has 120 heavy (non-hydrogen) atoms. The first-order valence-electron chi connectivity index (χ1n) is 34.0. The van der Waals surface area contributed by atoms with Gasteiger partial charge < -0.3 is 220 Å². The van der Waals surface area contributed by atoms with Crippen LogP contribution >= 0.6 is 0 Å². The average Bonchev–Trinajstić information content (AvgIpc) is 1.05. The number of aliphatic carboxylic acids is 8. The number of carbonyl (C=O) groups is 12. The monoisotopic (exact) mass is 2540 g/mol. The molecule has 0 aliphatic carbocycles. The van der Waals surface area contributed by atoms with Crippen molar-refractivity contribution in [2.75, 3.05) is 188 Å². The molecule has 0 aromatic carbocycles. The maximum absolute atomic E-state index is 10.2. The van der Waals surface area contributed by atoms with Crippen LogP contribution in [0.2, 0.25) is 0 Å². The Labute approximate surface area is 875 Å². The molecule has 0 atom stereocenters. The van der Waals surface area contributed by atoms with Crippen molar-refractivity contribution in [1.29, 1.82) is 0 Å². The molecule has 4 N–H and O–H groups in total. The van der Waals surface area contributed by atoms with Crippen LogP contribution < -0.4 is 123 Å². The molecule has 0 rings (SSSR count). The summed E-state index contributed by atoms with van der Waals surface area (Å²) in [6, 6.07) is 0. The molecule has 0 bridgehead atoms. The van der Waals surface area contributed by atoms with Crippen molar-refractivity contribution in [2.45, 2.75) is 186 Å². The third kappa shape index (κ3) is 516. The van der Waals surface area contributed by atoms with Gasteiger partial charge in [0.15, 0.2) is 0 Å². The van der Waals surface area contributed by atoms with Gasteiger partial charge in [-0.25, -0.2) is 0 Å². The number of aliphatic hydroxyl groups is 4. The van der Waals surface area contributed by atoms with Crippen LogP contribution in [0.3, 0.4) is 0 Å². The van der Waals surface area contributed by atoms with Gasteiger partial charge in [-0.1, -0.05) is 109 Å². The molecule has 0 unspecified atom stereocenters. The number of rotatable bonds is 36. The number of hydrogen-bond donors (Lipinski definition) is 4. The summed E-state index contributed by atoms with van der Waals surface area (Å²) in [5.74, 6) is -7.96. The molecule has 44 nitrogen and oxygen atoms in total. The van der Waals surface area contributed by atoms with Crippen molar-refractivity contribution < 1.29 is 418 Å². The zero-order valence-electron chi connectivity index (χ0n) is 72.7. The quantitative estimate of drug-likeness (QED) is 0.0334. The summed E-state index contributed by atoms with van der Waals surface area (Å²) in [6.45, 7) is 25.8. The van der Waals surface area contributed by atoms with Crippen molar-refractivity contribution >= 4 is 73.6 Å². The fourth-order valence-electron chi connectivity index (χ4n) is 3.90. The maximum Gasteiger partial charge on any atom is 3.00 e. The van der Waals surface area contributed by atoms with Crippen molar-refractivity contribution in [1.82, 2.24) is 19.6 Å². The maximum atomic E-state index is 10.2. The third-order valence-corrected chi connectivity index (χ3v) is 8.88. The second-order valence-corrected chi connectivity index (χ2v) is 16.6. The normalized spacial score (nSPS) is 7.27. The van der Waals surface area contributed by atoms with E-state index in [-0.39, 0.29) is 322 Å². The van der Waals surface area contributed by atoms with Crippen LogP contribution in [-0.4, -0.2) is 302 Å². The van der Waals surface area contributed by atoms with Gasteiger partial charge in [0.2, 0.25) is 0 Å². The van der Waals surface area contributed by atoms with E-state index < -0.39 is 73.6 Å². The Bertz CT molecular complexity index is 1300. The molecule has 0 aliphatic rings. The molecule has 0 saturated carbocycles. The predicted molar refractivity (Wildman–Crippen MR) is 367 cm³/mol. The first-order valence-corrected chi connectivity index (χ1v) is 34.0. The van der Waals surface area contributed by atoms with E-state index in [1.165, 1.54) is 55.4 Å². The van der Waals surface area contributed by atoms with Gasteiger partial charge >= 0.3 is 217 Å². The molecule has 0 aliphatic heterocycles. The molecular formula is C68H140Er4Mn4N4O40. The number of carboxylic acid groups (broad SMARTS) is 12. The van der Waals surface area contributed by atoms with Gasteiger partial charge in [-0.05, 0) is 156 Å². The molecule has 0 saturated heterocycles. The molecule has 52 heteroatoms. The van der Waals surface area contributed by atoms with Crippen LogP contribution in [0, 0.1) is 149 Å². The standard InChI is InChI=1S/4C8H17NO2.8C3H6O2.4CH2O2.4CH4O.4CH3O.4Er.4Mn/c4*1-2-3-4-9(5-7-10)6-8-11;8*1-2-3(4)5;4*2-1-3;8*1-2;;;;;;;;/h4*2-8H2,1H3;8*2H2,1H3,(H,4,5);4*1H,(H,2,3);4*2H,1H3;4*1H3;;;;;;;;/q4*-2;;;;;;;;;;;;;;;;;4*-1;8*+3/p-12. The summed E-state index contributed by atoms with van der Waals surface area (Å²) >= 11 is 0. The molecule has 0 aromatic heterocycles. The molecule has 0 aromatic rings. The number of carboxylic acids is 8. The Kier molecular flexibility index (Phi) is 525. The van der Waals surface area contributed by atoms with E-state index in [0.29, 0.717) is 52.4 Å². The van der Waals surface area contributed by atoms with E-state index in [1.807, 2.05) is 19.6 Å². The second kappa shape index (κ2) is 287. The molecule has 0 spiro atoms. The van der Waals surface area contributed by atoms with Crippen molar-refractivity contribution in [3.05, 3.63) is 0 Å². The Hall–Kier alpha value is -0.0951. The predicted octanol–water partition coefficient (Wildman–Crippen LogP) is -23.8. The first-order chi connectivity index (χ1) is 53.2. The number of aliphatic hydroxyl groups excluding tert-OH is 4. The van der Waals surface area contributed by atoms with Crippen molar-refractivity contribution in [2.24, 2.45) is 0 Å². The number of nitrogens with zero attached hydrogens (tertiary/aromatic N) is 4. The Morgan fingerprint density at radius 3 is 0.308 bits per heavy atom. The smallest absolute Gasteiger partial charge is 0.857 e. The van der Waals surface area contributed by atoms with Gasteiger partial charge in [0.1, 0.15) is 0 Å². The van der Waals surface area contributed by atoms with E-state index >= 15 is 0 Å². The zero-order chi connectivity index (χ0) is 95.2. The second-order valence-electron chi connectivity index (χ2n) is 16.6. The Morgan fingerprint density at radius 1 is 0.217 bits per heavy atom. The number of hydrogen-bond acceptors (Lipinski definition) is 44. The molecule has 748 valence electrons. The Balaban J connectivity index is -0.0000000229. The SMILES string of the molecule is CCC(=O)[O-].CCC(=O)[O-].CCC(=O)[O-].CCC(=O)[O-].CCC(=O)[O-].CCC(=O)[O-].CCC(=O)[O-].CCC(=O)[O-].CCCCN(CC[O-])CC[O-].CCCCN(CC[O-])CC[O-].CCCCN(CC[O-])CC[O-].CCCCN(CC[O-])CC[O-].CO.CO.CO.CO.C[O-].C[O-].C[O-].C[O-].O=C[O-].O=C[O-].O=C[O-].O=C[O-].[Er+3].[Er+3].[Er+3].[Er+3].[Mn+3].[Mn+3].[Mn+3].[Mn+3]. The summed E-state index contributed by atoms with van der Waals surface area (Å²) in [5.41, 5.74) is 0. The van der Waals surface area contributed by atoms with Gasteiger partial charge in [0.25, 0.3) is 0 Å². The van der Waals surface area contributed by atoms with Gasteiger partial charge in [-0.2, -0.15) is 28.4 Å². The van der Waals surface area contributed by atoms with Gasteiger partial charge in [-0.15, -0.1) is 52.9 Å². The van der Waals surface area contributed by atoms with E-state index in [2.05, 4.69) is 27.7 Å². The fraction of sp³-hybridized carbons (Fsp3) is 0.824.